The van der Waals surface area contributed by atoms with Gasteiger partial charge < -0.3 is 15.0 Å². The van der Waals surface area contributed by atoms with Crippen LogP contribution in [0.3, 0.4) is 0 Å². The van der Waals surface area contributed by atoms with E-state index in [1.54, 1.807) is 13.8 Å². The lowest BCUT2D eigenvalue weighted by Gasteiger charge is -2.10. The van der Waals surface area contributed by atoms with E-state index in [2.05, 4.69) is 5.32 Å². The van der Waals surface area contributed by atoms with Crippen molar-refractivity contribution >= 4 is 11.9 Å². The summed E-state index contributed by atoms with van der Waals surface area (Å²) in [5, 5.41) is 11.4. The molecule has 0 spiro atoms. The van der Waals surface area contributed by atoms with Crippen LogP contribution in [0.5, 0.6) is 0 Å². The fraction of sp³-hybridized carbons (Fsp3) is 0.364. The van der Waals surface area contributed by atoms with Crippen molar-refractivity contribution in [3.8, 4) is 0 Å². The molecule has 0 aliphatic carbocycles. The third kappa shape index (κ3) is 2.93. The molecule has 0 fully saturated rings. The topological polar surface area (TPSA) is 88.4 Å². The van der Waals surface area contributed by atoms with Crippen molar-refractivity contribution in [2.45, 2.75) is 20.4 Å². The smallest absolute Gasteiger partial charge is 0.341 e. The Labute approximate surface area is 97.9 Å². The average molecular weight is 238 g/mol. The highest BCUT2D eigenvalue weighted by Crippen LogP contribution is 1.98. The van der Waals surface area contributed by atoms with Gasteiger partial charge in [-0.3, -0.25) is 9.59 Å². The van der Waals surface area contributed by atoms with Crippen molar-refractivity contribution in [2.24, 2.45) is 0 Å². The minimum atomic E-state index is -1.29. The van der Waals surface area contributed by atoms with Crippen LogP contribution in [0.25, 0.3) is 0 Å². The number of aryl methyl sites for hydroxylation is 1. The number of carbonyl (C=O) groups excluding carboxylic acids is 1. The van der Waals surface area contributed by atoms with Crippen molar-refractivity contribution < 1.29 is 14.7 Å². The molecule has 6 nitrogen and oxygen atoms in total. The Balaban J connectivity index is 3.15. The molecule has 0 bridgehead atoms. The number of aromatic carboxylic acids is 1. The van der Waals surface area contributed by atoms with Gasteiger partial charge in [0.05, 0.1) is 0 Å². The van der Waals surface area contributed by atoms with Crippen molar-refractivity contribution in [2.75, 3.05) is 6.54 Å². The standard InChI is InChI=1S/C11H14N2O4/c1-3-12-9(14)6-13-7(2)4-5-8(10(13)15)11(16)17/h4-5H,3,6H2,1-2H3,(H,12,14)(H,16,17). The minimum absolute atomic E-state index is 0.167. The first-order valence-corrected chi connectivity index (χ1v) is 5.17. The SMILES string of the molecule is CCNC(=O)Cn1c(C)ccc(C(=O)O)c1=O. The number of aromatic nitrogens is 1. The number of hydrogen-bond acceptors (Lipinski definition) is 3. The molecule has 0 saturated carbocycles. The molecule has 1 aromatic heterocycles. The molecule has 1 amide bonds. The molecule has 0 aliphatic rings. The van der Waals surface area contributed by atoms with E-state index >= 15 is 0 Å². The first-order chi connectivity index (χ1) is 7.97. The normalized spacial score (nSPS) is 10.0. The molecule has 0 saturated heterocycles. The number of pyridine rings is 1. The number of carboxylic acids is 1. The molecule has 1 rings (SSSR count). The molecular formula is C11H14N2O4. The van der Waals surface area contributed by atoms with E-state index in [9.17, 15) is 14.4 Å². The Morgan fingerprint density at radius 2 is 2.06 bits per heavy atom. The van der Waals surface area contributed by atoms with Crippen LogP contribution in [0.2, 0.25) is 0 Å². The predicted molar refractivity (Wildman–Crippen MR) is 61.1 cm³/mol. The van der Waals surface area contributed by atoms with Crippen molar-refractivity contribution in [3.05, 3.63) is 33.7 Å². The molecule has 0 aromatic carbocycles. The van der Waals surface area contributed by atoms with Gasteiger partial charge in [0.2, 0.25) is 5.91 Å². The molecule has 0 atom stereocenters. The highest BCUT2D eigenvalue weighted by atomic mass is 16.4. The summed E-state index contributed by atoms with van der Waals surface area (Å²) in [4.78, 5) is 33.9. The average Bonchev–Trinajstić information content (AvgIpc) is 2.24. The molecule has 1 heterocycles. The number of nitrogens with one attached hydrogen (secondary N) is 1. The summed E-state index contributed by atoms with van der Waals surface area (Å²) in [5.74, 6) is -1.61. The first-order valence-electron chi connectivity index (χ1n) is 5.17. The molecule has 92 valence electrons. The molecule has 2 N–H and O–H groups in total. The summed E-state index contributed by atoms with van der Waals surface area (Å²) >= 11 is 0. The molecule has 0 radical (unpaired) electrons. The van der Waals surface area contributed by atoms with Gasteiger partial charge in [-0.15, -0.1) is 0 Å². The van der Waals surface area contributed by atoms with Gasteiger partial charge in [0.25, 0.3) is 5.56 Å². The van der Waals surface area contributed by atoms with Crippen LogP contribution in [0, 0.1) is 6.92 Å². The van der Waals surface area contributed by atoms with Crippen LogP contribution in [0.15, 0.2) is 16.9 Å². The van der Waals surface area contributed by atoms with Gasteiger partial charge in [0.1, 0.15) is 12.1 Å². The maximum absolute atomic E-state index is 11.8. The van der Waals surface area contributed by atoms with E-state index < -0.39 is 11.5 Å². The first kappa shape index (κ1) is 13.0. The van der Waals surface area contributed by atoms with E-state index in [0.717, 1.165) is 4.57 Å². The van der Waals surface area contributed by atoms with E-state index in [1.807, 2.05) is 0 Å². The summed E-state index contributed by atoms with van der Waals surface area (Å²) in [5.41, 5.74) is -0.449. The molecular weight excluding hydrogens is 224 g/mol. The summed E-state index contributed by atoms with van der Waals surface area (Å²) in [7, 11) is 0. The molecule has 0 aliphatic heterocycles. The second-order valence-electron chi connectivity index (χ2n) is 3.54. The van der Waals surface area contributed by atoms with Gasteiger partial charge in [-0.05, 0) is 26.0 Å². The highest BCUT2D eigenvalue weighted by molar-refractivity contribution is 5.87. The van der Waals surface area contributed by atoms with Crippen LogP contribution < -0.4 is 10.9 Å². The van der Waals surface area contributed by atoms with Crippen LogP contribution in [0.4, 0.5) is 0 Å². The van der Waals surface area contributed by atoms with E-state index in [1.165, 1.54) is 12.1 Å². The largest absolute Gasteiger partial charge is 0.477 e. The monoisotopic (exact) mass is 238 g/mol. The number of carbonyl (C=O) groups is 2. The van der Waals surface area contributed by atoms with E-state index in [0.29, 0.717) is 12.2 Å². The summed E-state index contributed by atoms with van der Waals surface area (Å²) in [6.45, 7) is 3.71. The zero-order valence-corrected chi connectivity index (χ0v) is 9.69. The summed E-state index contributed by atoms with van der Waals surface area (Å²) < 4.78 is 1.15. The second-order valence-corrected chi connectivity index (χ2v) is 3.54. The Morgan fingerprint density at radius 1 is 1.41 bits per heavy atom. The van der Waals surface area contributed by atoms with Crippen molar-refractivity contribution in [1.82, 2.24) is 9.88 Å². The highest BCUT2D eigenvalue weighted by Gasteiger charge is 2.13. The van der Waals surface area contributed by atoms with Gasteiger partial charge in [-0.1, -0.05) is 0 Å². The Bertz CT molecular complexity index is 505. The van der Waals surface area contributed by atoms with Gasteiger partial charge in [0.15, 0.2) is 0 Å². The lowest BCUT2D eigenvalue weighted by Crippen LogP contribution is -2.35. The lowest BCUT2D eigenvalue weighted by atomic mass is 10.2. The lowest BCUT2D eigenvalue weighted by molar-refractivity contribution is -0.121. The van der Waals surface area contributed by atoms with Gasteiger partial charge in [-0.25, -0.2) is 4.79 Å². The fourth-order valence-electron chi connectivity index (χ4n) is 1.43. The maximum atomic E-state index is 11.8. The Morgan fingerprint density at radius 3 is 2.59 bits per heavy atom. The van der Waals surface area contributed by atoms with Gasteiger partial charge in [-0.2, -0.15) is 0 Å². The van der Waals surface area contributed by atoms with Crippen LogP contribution in [0.1, 0.15) is 23.0 Å². The van der Waals surface area contributed by atoms with Crippen LogP contribution in [-0.4, -0.2) is 28.1 Å². The Kier molecular flexibility index (Phi) is 4.03. The minimum Gasteiger partial charge on any atom is -0.477 e. The predicted octanol–water partition coefficient (Wildman–Crippen LogP) is -0.00898. The van der Waals surface area contributed by atoms with E-state index in [-0.39, 0.29) is 18.0 Å². The van der Waals surface area contributed by atoms with Crippen molar-refractivity contribution in [1.29, 1.82) is 0 Å². The number of rotatable bonds is 4. The number of carboxylic acid groups (broad SMARTS) is 1. The quantitative estimate of drug-likeness (QED) is 0.772. The van der Waals surface area contributed by atoms with E-state index in [4.69, 9.17) is 5.11 Å². The molecule has 6 heteroatoms. The molecule has 17 heavy (non-hydrogen) atoms. The number of nitrogens with zero attached hydrogens (tertiary/aromatic N) is 1. The molecule has 0 unspecified atom stereocenters. The molecule has 1 aromatic rings. The van der Waals surface area contributed by atoms with Crippen LogP contribution in [-0.2, 0) is 11.3 Å². The Hall–Kier alpha value is -2.11. The van der Waals surface area contributed by atoms with Gasteiger partial charge in [0, 0.05) is 12.2 Å². The second kappa shape index (κ2) is 5.29. The fourth-order valence-corrected chi connectivity index (χ4v) is 1.43. The summed E-state index contributed by atoms with van der Waals surface area (Å²) in [6, 6.07) is 2.75. The zero-order valence-electron chi connectivity index (χ0n) is 9.69. The number of likely N-dealkylation sites (N-methyl/N-ethyl adjacent to an activating group) is 1. The van der Waals surface area contributed by atoms with Crippen molar-refractivity contribution in [3.63, 3.8) is 0 Å². The zero-order chi connectivity index (χ0) is 13.0. The maximum Gasteiger partial charge on any atom is 0.341 e. The van der Waals surface area contributed by atoms with Crippen LogP contribution >= 0.6 is 0 Å². The van der Waals surface area contributed by atoms with Gasteiger partial charge >= 0.3 is 5.97 Å². The third-order valence-corrected chi connectivity index (χ3v) is 2.30. The number of amides is 1. The third-order valence-electron chi connectivity index (χ3n) is 2.30. The summed E-state index contributed by atoms with van der Waals surface area (Å²) in [6.07, 6.45) is 0. The number of hydrogen-bond donors (Lipinski definition) is 2.